The maximum Gasteiger partial charge on any atom is 0.433 e. The van der Waals surface area contributed by atoms with Gasteiger partial charge in [-0.05, 0) is 39.0 Å². The number of guanidine groups is 1. The Labute approximate surface area is 166 Å². The molecule has 160 valence electrons. The number of aliphatic imine (C=N–C) groups is 1. The number of alkyl halides is 3. The van der Waals surface area contributed by atoms with Crippen LogP contribution in [0.4, 0.5) is 19.1 Å². The molecule has 4 N–H and O–H groups in total. The molecule has 0 bridgehead atoms. The number of nitrogens with one attached hydrogen (secondary N) is 3. The van der Waals surface area contributed by atoms with Gasteiger partial charge in [0.05, 0.1) is 6.54 Å². The van der Waals surface area contributed by atoms with E-state index in [-0.39, 0.29) is 19.0 Å². The number of halogens is 3. The molecule has 0 radical (unpaired) electrons. The van der Waals surface area contributed by atoms with E-state index in [0.717, 1.165) is 12.3 Å². The zero-order valence-corrected chi connectivity index (χ0v) is 16.5. The molecule has 2 aromatic heterocycles. The maximum absolute atomic E-state index is 12.7. The quantitative estimate of drug-likeness (QED) is 0.298. The number of anilines is 1. The van der Waals surface area contributed by atoms with E-state index in [1.54, 1.807) is 26.0 Å². The zero-order chi connectivity index (χ0) is 21.5. The van der Waals surface area contributed by atoms with Crippen molar-refractivity contribution >= 4 is 11.9 Å². The van der Waals surface area contributed by atoms with Crippen LogP contribution in [0, 0.1) is 6.92 Å². The number of rotatable bonds is 8. The smallest absolute Gasteiger partial charge is 0.433 e. The molecule has 0 saturated carbocycles. The van der Waals surface area contributed by atoms with Gasteiger partial charge in [-0.1, -0.05) is 0 Å². The fourth-order valence-electron chi connectivity index (χ4n) is 2.33. The van der Waals surface area contributed by atoms with Crippen LogP contribution >= 0.6 is 0 Å². The molecule has 0 fully saturated rings. The Bertz CT molecular complexity index is 820. The lowest BCUT2D eigenvalue weighted by atomic mass is 10.0. The van der Waals surface area contributed by atoms with Crippen LogP contribution in [0.2, 0.25) is 0 Å². The lowest BCUT2D eigenvalue weighted by Gasteiger charge is -2.19. The Morgan fingerprint density at radius 1 is 1.21 bits per heavy atom. The van der Waals surface area contributed by atoms with Crippen molar-refractivity contribution in [2.75, 3.05) is 31.5 Å². The van der Waals surface area contributed by atoms with Crippen LogP contribution in [-0.4, -0.2) is 47.2 Å². The number of aryl methyl sites for hydroxylation is 1. The lowest BCUT2D eigenvalue weighted by Crippen LogP contribution is -2.40. The third-order valence-electron chi connectivity index (χ3n) is 3.81. The van der Waals surface area contributed by atoms with Crippen molar-refractivity contribution in [2.45, 2.75) is 32.5 Å². The molecule has 2 heterocycles. The summed E-state index contributed by atoms with van der Waals surface area (Å²) in [5, 5.41) is 19.3. The summed E-state index contributed by atoms with van der Waals surface area (Å²) < 4.78 is 43.5. The highest BCUT2D eigenvalue weighted by atomic mass is 19.4. The fraction of sp³-hybridized carbons (Fsp3) is 0.500. The first-order valence-corrected chi connectivity index (χ1v) is 9.07. The van der Waals surface area contributed by atoms with E-state index in [0.29, 0.717) is 30.6 Å². The van der Waals surface area contributed by atoms with Gasteiger partial charge in [-0.2, -0.15) is 13.2 Å². The molecule has 8 nitrogen and oxygen atoms in total. The molecule has 2 aromatic rings. The van der Waals surface area contributed by atoms with E-state index in [9.17, 15) is 18.3 Å². The van der Waals surface area contributed by atoms with Crippen molar-refractivity contribution < 1.29 is 22.7 Å². The number of hydrogen-bond acceptors (Lipinski definition) is 6. The van der Waals surface area contributed by atoms with E-state index >= 15 is 0 Å². The highest BCUT2D eigenvalue weighted by molar-refractivity contribution is 5.79. The van der Waals surface area contributed by atoms with Crippen LogP contribution in [-0.2, 0) is 11.8 Å². The summed E-state index contributed by atoms with van der Waals surface area (Å²) in [6.07, 6.45) is -3.47. The second-order valence-corrected chi connectivity index (χ2v) is 6.50. The van der Waals surface area contributed by atoms with E-state index in [1.165, 1.54) is 0 Å². The molecule has 0 saturated heterocycles. The Kier molecular flexibility index (Phi) is 7.43. The van der Waals surface area contributed by atoms with Gasteiger partial charge in [-0.3, -0.25) is 0 Å². The first-order chi connectivity index (χ1) is 13.6. The van der Waals surface area contributed by atoms with Gasteiger partial charge in [-0.25, -0.2) is 15.0 Å². The molecule has 0 amide bonds. The standard InChI is InChI=1S/C18H25F3N6O2/c1-4-22-15(26-11-17(3,28)14-6-5-12(2)29-14)24-9-10-25-16-23-8-7-13(27-16)18(19,20)21/h5-8,28H,4,9-11H2,1-3H3,(H2,22,24,26)(H,23,25,27). The second kappa shape index (κ2) is 9.59. The van der Waals surface area contributed by atoms with Gasteiger partial charge < -0.3 is 25.5 Å². The summed E-state index contributed by atoms with van der Waals surface area (Å²) in [4.78, 5) is 11.5. The molecule has 2 rings (SSSR count). The zero-order valence-electron chi connectivity index (χ0n) is 16.5. The largest absolute Gasteiger partial charge is 0.463 e. The maximum atomic E-state index is 12.7. The molecule has 0 aromatic carbocycles. The summed E-state index contributed by atoms with van der Waals surface area (Å²) in [7, 11) is 0. The van der Waals surface area contributed by atoms with Gasteiger partial charge in [-0.15, -0.1) is 0 Å². The Balaban J connectivity index is 1.88. The van der Waals surface area contributed by atoms with Crippen LogP contribution in [0.25, 0.3) is 0 Å². The third kappa shape index (κ3) is 6.93. The number of aromatic nitrogens is 2. The normalized spacial score (nSPS) is 14.4. The lowest BCUT2D eigenvalue weighted by molar-refractivity contribution is -0.141. The van der Waals surface area contributed by atoms with Crippen molar-refractivity contribution in [1.82, 2.24) is 20.6 Å². The van der Waals surface area contributed by atoms with Crippen LogP contribution in [0.15, 0.2) is 33.8 Å². The minimum absolute atomic E-state index is 0.0550. The van der Waals surface area contributed by atoms with Crippen molar-refractivity contribution in [1.29, 1.82) is 0 Å². The summed E-state index contributed by atoms with van der Waals surface area (Å²) in [6, 6.07) is 4.27. The predicted octanol–water partition coefficient (Wildman–Crippen LogP) is 2.27. The summed E-state index contributed by atoms with van der Waals surface area (Å²) >= 11 is 0. The van der Waals surface area contributed by atoms with Gasteiger partial charge in [0.25, 0.3) is 0 Å². The molecule has 1 atom stereocenters. The highest BCUT2D eigenvalue weighted by Crippen LogP contribution is 2.27. The van der Waals surface area contributed by atoms with Crippen LogP contribution in [0.5, 0.6) is 0 Å². The SMILES string of the molecule is CCNC(=NCC(C)(O)c1ccc(C)o1)NCCNc1nccc(C(F)(F)F)n1. The second-order valence-electron chi connectivity index (χ2n) is 6.50. The van der Waals surface area contributed by atoms with Crippen molar-refractivity contribution in [3.05, 3.63) is 41.6 Å². The van der Waals surface area contributed by atoms with E-state index in [1.807, 2.05) is 6.92 Å². The number of furan rings is 1. The fourth-order valence-corrected chi connectivity index (χ4v) is 2.33. The van der Waals surface area contributed by atoms with E-state index in [4.69, 9.17) is 4.42 Å². The van der Waals surface area contributed by atoms with Gasteiger partial charge in [0.1, 0.15) is 22.8 Å². The third-order valence-corrected chi connectivity index (χ3v) is 3.81. The molecule has 0 aliphatic rings. The molecule has 11 heteroatoms. The Morgan fingerprint density at radius 3 is 2.59 bits per heavy atom. The van der Waals surface area contributed by atoms with Crippen LogP contribution < -0.4 is 16.0 Å². The number of nitrogens with zero attached hydrogens (tertiary/aromatic N) is 3. The van der Waals surface area contributed by atoms with Crippen molar-refractivity contribution in [3.8, 4) is 0 Å². The number of hydrogen-bond donors (Lipinski definition) is 4. The molecule has 1 unspecified atom stereocenters. The topological polar surface area (TPSA) is 108 Å². The monoisotopic (exact) mass is 414 g/mol. The van der Waals surface area contributed by atoms with Gasteiger partial charge in [0, 0.05) is 25.8 Å². The number of aliphatic hydroxyl groups is 1. The molecule has 0 spiro atoms. The first-order valence-electron chi connectivity index (χ1n) is 9.07. The van der Waals surface area contributed by atoms with Crippen molar-refractivity contribution in [2.24, 2.45) is 4.99 Å². The summed E-state index contributed by atoms with van der Waals surface area (Å²) in [5.74, 6) is 1.44. The van der Waals surface area contributed by atoms with E-state index in [2.05, 4.69) is 30.9 Å². The predicted molar refractivity (Wildman–Crippen MR) is 103 cm³/mol. The highest BCUT2D eigenvalue weighted by Gasteiger charge is 2.32. The van der Waals surface area contributed by atoms with E-state index < -0.39 is 17.5 Å². The average Bonchev–Trinajstić information content (AvgIpc) is 3.10. The molecule has 0 aliphatic heterocycles. The minimum Gasteiger partial charge on any atom is -0.463 e. The van der Waals surface area contributed by atoms with Gasteiger partial charge in [0.15, 0.2) is 5.96 Å². The Hall–Kier alpha value is -2.82. The summed E-state index contributed by atoms with van der Waals surface area (Å²) in [6.45, 7) is 6.53. The van der Waals surface area contributed by atoms with Crippen LogP contribution in [0.1, 0.15) is 31.1 Å². The molecule has 0 aliphatic carbocycles. The van der Waals surface area contributed by atoms with Crippen molar-refractivity contribution in [3.63, 3.8) is 0 Å². The molecular formula is C18H25F3N6O2. The summed E-state index contributed by atoms with van der Waals surface area (Å²) in [5.41, 5.74) is -2.28. The minimum atomic E-state index is -4.52. The van der Waals surface area contributed by atoms with Crippen LogP contribution in [0.3, 0.4) is 0 Å². The first kappa shape index (κ1) is 22.5. The molecule has 29 heavy (non-hydrogen) atoms. The van der Waals surface area contributed by atoms with Gasteiger partial charge >= 0.3 is 6.18 Å². The Morgan fingerprint density at radius 2 is 1.97 bits per heavy atom. The molecular weight excluding hydrogens is 389 g/mol. The van der Waals surface area contributed by atoms with Gasteiger partial charge in [0.2, 0.25) is 5.95 Å². The average molecular weight is 414 g/mol.